The summed E-state index contributed by atoms with van der Waals surface area (Å²) in [4.78, 5) is 22.2. The highest BCUT2D eigenvalue weighted by Gasteiger charge is 2.17. The number of carbonyl (C=O) groups is 1. The van der Waals surface area contributed by atoms with Crippen LogP contribution in [0.3, 0.4) is 0 Å². The van der Waals surface area contributed by atoms with Crippen LogP contribution in [0.25, 0.3) is 0 Å². The number of hydrogen-bond acceptors (Lipinski definition) is 4. The summed E-state index contributed by atoms with van der Waals surface area (Å²) in [6.45, 7) is 8.91. The maximum atomic E-state index is 11.8. The van der Waals surface area contributed by atoms with Gasteiger partial charge in [-0.3, -0.25) is 14.9 Å². The molecular weight excluding hydrogens is 260 g/mol. The van der Waals surface area contributed by atoms with Crippen molar-refractivity contribution in [2.24, 2.45) is 0 Å². The Bertz CT molecular complexity index is 533. The van der Waals surface area contributed by atoms with Gasteiger partial charge < -0.3 is 10.1 Å². The van der Waals surface area contributed by atoms with Gasteiger partial charge in [-0.25, -0.2) is 0 Å². The molecule has 0 aliphatic carbocycles. The average molecular weight is 280 g/mol. The van der Waals surface area contributed by atoms with E-state index < -0.39 is 10.5 Å². The first-order valence-electron chi connectivity index (χ1n) is 6.29. The van der Waals surface area contributed by atoms with Gasteiger partial charge in [0.2, 0.25) is 5.91 Å². The van der Waals surface area contributed by atoms with Crippen LogP contribution < -0.4 is 5.32 Å². The van der Waals surface area contributed by atoms with Crippen LogP contribution in [0, 0.1) is 24.0 Å². The van der Waals surface area contributed by atoms with Gasteiger partial charge in [-0.05, 0) is 46.2 Å². The fraction of sp³-hybridized carbons (Fsp3) is 0.500. The van der Waals surface area contributed by atoms with Gasteiger partial charge in [-0.15, -0.1) is 0 Å². The average Bonchev–Trinajstić information content (AvgIpc) is 2.28. The van der Waals surface area contributed by atoms with Crippen LogP contribution in [0.2, 0.25) is 0 Å². The number of rotatable bonds is 4. The van der Waals surface area contributed by atoms with Crippen LogP contribution >= 0.6 is 0 Å². The van der Waals surface area contributed by atoms with Gasteiger partial charge in [0.05, 0.1) is 16.2 Å². The van der Waals surface area contributed by atoms with Crippen molar-refractivity contribution in [3.63, 3.8) is 0 Å². The second-order valence-corrected chi connectivity index (χ2v) is 5.66. The van der Waals surface area contributed by atoms with Crippen molar-refractivity contribution in [3.8, 4) is 0 Å². The molecule has 1 aromatic carbocycles. The van der Waals surface area contributed by atoms with Gasteiger partial charge >= 0.3 is 0 Å². The number of nitrogens with one attached hydrogen (secondary N) is 1. The lowest BCUT2D eigenvalue weighted by molar-refractivity contribution is -0.385. The Morgan fingerprint density at radius 3 is 2.40 bits per heavy atom. The molecule has 0 heterocycles. The molecule has 0 aliphatic rings. The van der Waals surface area contributed by atoms with Crippen molar-refractivity contribution in [1.82, 2.24) is 0 Å². The standard InChI is InChI=1S/C14H20N2O4/c1-9-6-10(2)12(16(18)19)7-11(9)15-13(17)8-20-14(3,4)5/h6-7H,8H2,1-5H3,(H,15,17). The zero-order valence-corrected chi connectivity index (χ0v) is 12.4. The first kappa shape index (κ1) is 16.1. The number of benzene rings is 1. The first-order chi connectivity index (χ1) is 9.10. The van der Waals surface area contributed by atoms with Crippen LogP contribution in [0.1, 0.15) is 31.9 Å². The molecule has 0 spiro atoms. The molecule has 0 fully saturated rings. The Hall–Kier alpha value is -1.95. The molecule has 0 bridgehead atoms. The molecule has 0 saturated heterocycles. The summed E-state index contributed by atoms with van der Waals surface area (Å²) in [5.41, 5.74) is 1.35. The minimum Gasteiger partial charge on any atom is -0.366 e. The van der Waals surface area contributed by atoms with E-state index in [0.717, 1.165) is 5.56 Å². The maximum Gasteiger partial charge on any atom is 0.274 e. The minimum absolute atomic E-state index is 0.0114. The summed E-state index contributed by atoms with van der Waals surface area (Å²) in [5, 5.41) is 13.5. The molecule has 1 rings (SSSR count). The predicted molar refractivity (Wildman–Crippen MR) is 76.9 cm³/mol. The number of nitro benzene ring substituents is 1. The van der Waals surface area contributed by atoms with Crippen LogP contribution in [-0.4, -0.2) is 23.0 Å². The smallest absolute Gasteiger partial charge is 0.274 e. The van der Waals surface area contributed by atoms with Crippen molar-refractivity contribution < 1.29 is 14.5 Å². The van der Waals surface area contributed by atoms with E-state index in [1.807, 2.05) is 20.8 Å². The molecule has 1 amide bonds. The minimum atomic E-state index is -0.462. The molecule has 1 aromatic rings. The number of anilines is 1. The van der Waals surface area contributed by atoms with Crippen LogP contribution in [0.15, 0.2) is 12.1 Å². The van der Waals surface area contributed by atoms with Crippen molar-refractivity contribution >= 4 is 17.3 Å². The third kappa shape index (κ3) is 4.62. The van der Waals surface area contributed by atoms with E-state index in [2.05, 4.69) is 5.32 Å². The van der Waals surface area contributed by atoms with E-state index >= 15 is 0 Å². The largest absolute Gasteiger partial charge is 0.366 e. The van der Waals surface area contributed by atoms with Gasteiger partial charge in [-0.1, -0.05) is 0 Å². The first-order valence-corrected chi connectivity index (χ1v) is 6.29. The highest BCUT2D eigenvalue weighted by atomic mass is 16.6. The van der Waals surface area contributed by atoms with E-state index in [4.69, 9.17) is 4.74 Å². The molecule has 1 N–H and O–H groups in total. The Morgan fingerprint density at radius 2 is 1.90 bits per heavy atom. The van der Waals surface area contributed by atoms with Gasteiger partial charge in [0.15, 0.2) is 0 Å². The van der Waals surface area contributed by atoms with Crippen LogP contribution in [-0.2, 0) is 9.53 Å². The number of nitrogens with zero attached hydrogens (tertiary/aromatic N) is 1. The summed E-state index contributed by atoms with van der Waals surface area (Å²) in [6.07, 6.45) is 0. The fourth-order valence-corrected chi connectivity index (χ4v) is 1.64. The number of ether oxygens (including phenoxy) is 1. The molecule has 110 valence electrons. The van der Waals surface area contributed by atoms with E-state index in [-0.39, 0.29) is 18.2 Å². The quantitative estimate of drug-likeness (QED) is 0.679. The molecule has 0 atom stereocenters. The van der Waals surface area contributed by atoms with Gasteiger partial charge in [0.25, 0.3) is 5.69 Å². The summed E-state index contributed by atoms with van der Waals surface area (Å²) in [5.74, 6) is -0.332. The second-order valence-electron chi connectivity index (χ2n) is 5.66. The van der Waals surface area contributed by atoms with E-state index in [9.17, 15) is 14.9 Å². The third-order valence-electron chi connectivity index (χ3n) is 2.65. The van der Waals surface area contributed by atoms with Crippen molar-refractivity contribution in [3.05, 3.63) is 33.4 Å². The summed E-state index contributed by atoms with van der Waals surface area (Å²) < 4.78 is 5.36. The lowest BCUT2D eigenvalue weighted by Gasteiger charge is -2.19. The van der Waals surface area contributed by atoms with Gasteiger partial charge in [0, 0.05) is 11.6 Å². The number of nitro groups is 1. The highest BCUT2D eigenvalue weighted by Crippen LogP contribution is 2.26. The Morgan fingerprint density at radius 1 is 1.30 bits per heavy atom. The highest BCUT2D eigenvalue weighted by molar-refractivity contribution is 5.93. The molecule has 20 heavy (non-hydrogen) atoms. The Labute approximate surface area is 118 Å². The zero-order chi connectivity index (χ0) is 15.5. The topological polar surface area (TPSA) is 81.5 Å². The number of hydrogen-bond donors (Lipinski definition) is 1. The van der Waals surface area contributed by atoms with E-state index in [1.54, 1.807) is 19.9 Å². The zero-order valence-electron chi connectivity index (χ0n) is 12.4. The summed E-state index contributed by atoms with van der Waals surface area (Å²) >= 11 is 0. The lowest BCUT2D eigenvalue weighted by atomic mass is 10.1. The summed E-state index contributed by atoms with van der Waals surface area (Å²) in [6, 6.07) is 3.05. The number of amides is 1. The third-order valence-corrected chi connectivity index (χ3v) is 2.65. The fourth-order valence-electron chi connectivity index (χ4n) is 1.64. The lowest BCUT2D eigenvalue weighted by Crippen LogP contribution is -2.27. The SMILES string of the molecule is Cc1cc(C)c([N+](=O)[O-])cc1NC(=O)COC(C)(C)C. The Balaban J connectivity index is 2.85. The molecule has 6 nitrogen and oxygen atoms in total. The summed E-state index contributed by atoms with van der Waals surface area (Å²) in [7, 11) is 0. The van der Waals surface area contributed by atoms with Gasteiger partial charge in [0.1, 0.15) is 6.61 Å². The van der Waals surface area contributed by atoms with E-state index in [0.29, 0.717) is 11.3 Å². The van der Waals surface area contributed by atoms with Crippen LogP contribution in [0.4, 0.5) is 11.4 Å². The van der Waals surface area contributed by atoms with Crippen molar-refractivity contribution in [2.75, 3.05) is 11.9 Å². The second kappa shape index (κ2) is 6.00. The predicted octanol–water partition coefficient (Wildman–Crippen LogP) is 2.97. The Kier molecular flexibility index (Phi) is 4.83. The number of carbonyl (C=O) groups excluding carboxylic acids is 1. The number of aryl methyl sites for hydroxylation is 2. The normalized spacial score (nSPS) is 11.2. The molecule has 6 heteroatoms. The maximum absolute atomic E-state index is 11.8. The van der Waals surface area contributed by atoms with Crippen molar-refractivity contribution in [2.45, 2.75) is 40.2 Å². The molecular formula is C14H20N2O4. The molecule has 0 saturated carbocycles. The molecule has 0 unspecified atom stereocenters. The van der Waals surface area contributed by atoms with E-state index in [1.165, 1.54) is 6.07 Å². The van der Waals surface area contributed by atoms with Crippen molar-refractivity contribution in [1.29, 1.82) is 0 Å². The molecule has 0 aromatic heterocycles. The molecule has 0 radical (unpaired) electrons. The monoisotopic (exact) mass is 280 g/mol. The van der Waals surface area contributed by atoms with Crippen LogP contribution in [0.5, 0.6) is 0 Å². The van der Waals surface area contributed by atoms with Gasteiger partial charge in [-0.2, -0.15) is 0 Å². The molecule has 0 aliphatic heterocycles.